The van der Waals surface area contributed by atoms with Crippen molar-refractivity contribution in [3.05, 3.63) is 42.5 Å². The molecule has 1 heterocycles. The van der Waals surface area contributed by atoms with Crippen molar-refractivity contribution in [3.63, 3.8) is 0 Å². The van der Waals surface area contributed by atoms with Crippen LogP contribution in [0, 0.1) is 17.8 Å². The molecule has 1 aliphatic carbocycles. The Labute approximate surface area is 179 Å². The summed E-state index contributed by atoms with van der Waals surface area (Å²) in [5, 5.41) is 5.21. The highest BCUT2D eigenvalue weighted by Gasteiger charge is 2.34. The van der Waals surface area contributed by atoms with Gasteiger partial charge in [0, 0.05) is 25.0 Å². The largest absolute Gasteiger partial charge is 0.353 e. The number of carbonyl (C=O) groups excluding carboxylic acids is 1. The molecule has 1 aliphatic heterocycles. The molecule has 1 saturated heterocycles. The molecule has 2 aliphatic rings. The van der Waals surface area contributed by atoms with Gasteiger partial charge < -0.3 is 5.32 Å². The van der Waals surface area contributed by atoms with Crippen molar-refractivity contribution < 1.29 is 13.2 Å². The predicted molar refractivity (Wildman–Crippen MR) is 120 cm³/mol. The van der Waals surface area contributed by atoms with Crippen molar-refractivity contribution in [2.75, 3.05) is 13.1 Å². The molecule has 1 saturated carbocycles. The Balaban J connectivity index is 1.39. The average Bonchev–Trinajstić information content (AvgIpc) is 2.76. The van der Waals surface area contributed by atoms with E-state index >= 15 is 0 Å². The summed E-state index contributed by atoms with van der Waals surface area (Å²) in [5.41, 5.74) is 0. The molecule has 0 radical (unpaired) electrons. The lowest BCUT2D eigenvalue weighted by Gasteiger charge is -2.36. The quantitative estimate of drug-likeness (QED) is 0.794. The number of sulfonamides is 1. The van der Waals surface area contributed by atoms with E-state index in [9.17, 15) is 13.2 Å². The van der Waals surface area contributed by atoms with E-state index in [0.29, 0.717) is 42.7 Å². The number of piperidine rings is 1. The first-order valence-corrected chi connectivity index (χ1v) is 12.6. The second-order valence-corrected chi connectivity index (χ2v) is 11.0. The van der Waals surface area contributed by atoms with Crippen LogP contribution < -0.4 is 5.32 Å². The third-order valence-electron chi connectivity index (χ3n) is 7.22. The Hall–Kier alpha value is -1.92. The number of benzene rings is 2. The number of nitrogens with zero attached hydrogens (tertiary/aromatic N) is 1. The van der Waals surface area contributed by atoms with Gasteiger partial charge in [-0.05, 0) is 54.0 Å². The molecule has 0 bridgehead atoms. The zero-order valence-corrected chi connectivity index (χ0v) is 18.7. The second-order valence-electron chi connectivity index (χ2n) is 9.07. The Kier molecular flexibility index (Phi) is 6.16. The number of hydrogen-bond donors (Lipinski definition) is 1. The number of rotatable bonds is 4. The normalized spacial score (nSPS) is 26.5. The zero-order valence-electron chi connectivity index (χ0n) is 17.9. The smallest absolute Gasteiger partial charge is 0.243 e. The Morgan fingerprint density at radius 1 is 0.967 bits per heavy atom. The molecule has 6 heteroatoms. The van der Waals surface area contributed by atoms with Gasteiger partial charge in [-0.25, -0.2) is 8.42 Å². The van der Waals surface area contributed by atoms with Crippen LogP contribution in [0.3, 0.4) is 0 Å². The van der Waals surface area contributed by atoms with Crippen molar-refractivity contribution in [2.45, 2.75) is 56.9 Å². The van der Waals surface area contributed by atoms with Gasteiger partial charge in [-0.2, -0.15) is 4.31 Å². The summed E-state index contributed by atoms with van der Waals surface area (Å²) in [6.07, 6.45) is 4.61. The van der Waals surface area contributed by atoms with E-state index in [1.807, 2.05) is 30.3 Å². The molecular weight excluding hydrogens is 396 g/mol. The maximum atomic E-state index is 13.1. The van der Waals surface area contributed by atoms with Gasteiger partial charge in [-0.15, -0.1) is 0 Å². The first-order chi connectivity index (χ1) is 14.4. The number of amides is 1. The topological polar surface area (TPSA) is 66.5 Å². The van der Waals surface area contributed by atoms with Crippen molar-refractivity contribution in [1.29, 1.82) is 0 Å². The maximum Gasteiger partial charge on any atom is 0.243 e. The summed E-state index contributed by atoms with van der Waals surface area (Å²) >= 11 is 0. The number of carbonyl (C=O) groups is 1. The summed E-state index contributed by atoms with van der Waals surface area (Å²) in [7, 11) is -3.54. The van der Waals surface area contributed by atoms with Crippen molar-refractivity contribution in [1.82, 2.24) is 9.62 Å². The van der Waals surface area contributed by atoms with E-state index < -0.39 is 10.0 Å². The number of hydrogen-bond acceptors (Lipinski definition) is 3. The van der Waals surface area contributed by atoms with Crippen molar-refractivity contribution in [3.8, 4) is 0 Å². The molecule has 162 valence electrons. The summed E-state index contributed by atoms with van der Waals surface area (Å²) < 4.78 is 27.8. The van der Waals surface area contributed by atoms with Crippen LogP contribution in [0.25, 0.3) is 10.8 Å². The van der Waals surface area contributed by atoms with E-state index in [2.05, 4.69) is 19.2 Å². The highest BCUT2D eigenvalue weighted by molar-refractivity contribution is 7.89. The monoisotopic (exact) mass is 428 g/mol. The van der Waals surface area contributed by atoms with Gasteiger partial charge in [0.15, 0.2) is 0 Å². The van der Waals surface area contributed by atoms with Crippen LogP contribution in [0.1, 0.15) is 46.0 Å². The lowest BCUT2D eigenvalue weighted by Crippen LogP contribution is -2.48. The maximum absolute atomic E-state index is 13.1. The standard InChI is InChI=1S/C24H32N2O3S/c1-17-6-5-9-23(18(17)2)25-24(27)20-12-14-26(15-13-20)30(28,29)22-11-10-19-7-3-4-8-21(19)16-22/h3-4,7-8,10-11,16-18,20,23H,5-6,9,12-15H2,1-2H3,(H,25,27). The Morgan fingerprint density at radius 2 is 1.67 bits per heavy atom. The Morgan fingerprint density at radius 3 is 2.40 bits per heavy atom. The summed E-state index contributed by atoms with van der Waals surface area (Å²) in [6, 6.07) is 13.3. The Bertz CT molecular complexity index is 1010. The van der Waals surface area contributed by atoms with Crippen molar-refractivity contribution >= 4 is 26.7 Å². The van der Waals surface area contributed by atoms with Gasteiger partial charge in [0.05, 0.1) is 4.90 Å². The van der Waals surface area contributed by atoms with E-state index in [1.165, 1.54) is 17.1 Å². The molecule has 1 amide bonds. The molecule has 4 rings (SSSR count). The summed E-state index contributed by atoms with van der Waals surface area (Å²) in [4.78, 5) is 13.1. The zero-order chi connectivity index (χ0) is 21.3. The van der Waals surface area contributed by atoms with Crippen LogP contribution in [-0.2, 0) is 14.8 Å². The third-order valence-corrected chi connectivity index (χ3v) is 9.11. The fourth-order valence-electron chi connectivity index (χ4n) is 4.92. The highest BCUT2D eigenvalue weighted by atomic mass is 32.2. The molecule has 3 atom stereocenters. The van der Waals surface area contributed by atoms with E-state index in [4.69, 9.17) is 0 Å². The van der Waals surface area contributed by atoms with Gasteiger partial charge in [0.25, 0.3) is 0 Å². The van der Waals surface area contributed by atoms with E-state index in [1.54, 1.807) is 12.1 Å². The summed E-state index contributed by atoms with van der Waals surface area (Å²) in [6.45, 7) is 5.28. The molecule has 0 aromatic heterocycles. The van der Waals surface area contributed by atoms with Gasteiger partial charge in [0.1, 0.15) is 0 Å². The van der Waals surface area contributed by atoms with Crippen molar-refractivity contribution in [2.24, 2.45) is 17.8 Å². The van der Waals surface area contributed by atoms with E-state index in [-0.39, 0.29) is 17.9 Å². The average molecular weight is 429 g/mol. The first-order valence-electron chi connectivity index (χ1n) is 11.2. The molecule has 0 spiro atoms. The fourth-order valence-corrected chi connectivity index (χ4v) is 6.43. The van der Waals surface area contributed by atoms with Gasteiger partial charge in [-0.3, -0.25) is 4.79 Å². The van der Waals surface area contributed by atoms with Crippen LogP contribution in [0.15, 0.2) is 47.4 Å². The fraction of sp³-hybridized carbons (Fsp3) is 0.542. The molecule has 3 unspecified atom stereocenters. The molecule has 2 aromatic rings. The van der Waals surface area contributed by atoms with Gasteiger partial charge in [0.2, 0.25) is 15.9 Å². The van der Waals surface area contributed by atoms with Crippen LogP contribution in [0.4, 0.5) is 0 Å². The second kappa shape index (κ2) is 8.67. The van der Waals surface area contributed by atoms with Crippen LogP contribution in [0.5, 0.6) is 0 Å². The number of nitrogens with one attached hydrogen (secondary N) is 1. The number of fused-ring (bicyclic) bond motifs is 1. The molecule has 30 heavy (non-hydrogen) atoms. The van der Waals surface area contributed by atoms with Gasteiger partial charge in [-0.1, -0.05) is 57.0 Å². The minimum atomic E-state index is -3.54. The third kappa shape index (κ3) is 4.26. The van der Waals surface area contributed by atoms with Gasteiger partial charge >= 0.3 is 0 Å². The molecule has 5 nitrogen and oxygen atoms in total. The highest BCUT2D eigenvalue weighted by Crippen LogP contribution is 2.31. The minimum Gasteiger partial charge on any atom is -0.353 e. The summed E-state index contributed by atoms with van der Waals surface area (Å²) in [5.74, 6) is 1.13. The minimum absolute atomic E-state index is 0.0995. The van der Waals surface area contributed by atoms with Crippen LogP contribution >= 0.6 is 0 Å². The molecular formula is C24H32N2O3S. The molecule has 1 N–H and O–H groups in total. The molecule has 2 fully saturated rings. The molecule has 2 aromatic carbocycles. The lowest BCUT2D eigenvalue weighted by atomic mass is 9.78. The van der Waals surface area contributed by atoms with Crippen LogP contribution in [0.2, 0.25) is 0 Å². The van der Waals surface area contributed by atoms with Crippen LogP contribution in [-0.4, -0.2) is 37.8 Å². The predicted octanol–water partition coefficient (Wildman–Crippen LogP) is 4.18. The lowest BCUT2D eigenvalue weighted by molar-refractivity contribution is -0.127. The van der Waals surface area contributed by atoms with E-state index in [0.717, 1.165) is 17.2 Å². The first kappa shape index (κ1) is 21.3. The SMILES string of the molecule is CC1CCCC(NC(=O)C2CCN(S(=O)(=O)c3ccc4ccccc4c3)CC2)C1C.